The van der Waals surface area contributed by atoms with E-state index in [4.69, 9.17) is 9.15 Å². The van der Waals surface area contributed by atoms with Crippen LogP contribution in [0.5, 0.6) is 0 Å². The van der Waals surface area contributed by atoms with Gasteiger partial charge in [-0.1, -0.05) is 48.0 Å². The predicted molar refractivity (Wildman–Crippen MR) is 104 cm³/mol. The lowest BCUT2D eigenvalue weighted by Crippen LogP contribution is -2.10. The van der Waals surface area contributed by atoms with E-state index >= 15 is 0 Å². The number of aromatic nitrogens is 5. The third-order valence-electron chi connectivity index (χ3n) is 4.33. The Labute approximate surface area is 167 Å². The summed E-state index contributed by atoms with van der Waals surface area (Å²) in [4.78, 5) is 16.3. The number of tetrazole rings is 1. The molecule has 0 unspecified atom stereocenters. The molecule has 0 radical (unpaired) electrons. The van der Waals surface area contributed by atoms with Crippen LogP contribution in [0.4, 0.5) is 0 Å². The first-order valence-corrected chi connectivity index (χ1v) is 9.19. The molecule has 146 valence electrons. The number of oxazole rings is 1. The molecule has 0 atom stereocenters. The first kappa shape index (κ1) is 18.5. The maximum atomic E-state index is 12.1. The summed E-state index contributed by atoms with van der Waals surface area (Å²) in [6.45, 7) is 2.01. The molecule has 0 bridgehead atoms. The summed E-state index contributed by atoms with van der Waals surface area (Å²) in [5.74, 6) is 1.24. The van der Waals surface area contributed by atoms with Crippen molar-refractivity contribution in [1.29, 1.82) is 0 Å². The van der Waals surface area contributed by atoms with Crippen LogP contribution >= 0.6 is 0 Å². The molecule has 8 heteroatoms. The number of carbonyl (C=O) groups excluding carboxylic acids is 1. The molecule has 4 rings (SSSR count). The second kappa shape index (κ2) is 8.47. The number of aryl methyl sites for hydroxylation is 2. The third-order valence-corrected chi connectivity index (χ3v) is 4.33. The fourth-order valence-corrected chi connectivity index (χ4v) is 2.77. The van der Waals surface area contributed by atoms with Crippen LogP contribution in [0.15, 0.2) is 65.2 Å². The van der Waals surface area contributed by atoms with E-state index in [1.807, 2.05) is 61.5 Å². The van der Waals surface area contributed by atoms with Gasteiger partial charge in [0.05, 0.1) is 18.3 Å². The minimum absolute atomic E-state index is 0.0130. The Morgan fingerprint density at radius 2 is 1.90 bits per heavy atom. The molecule has 0 N–H and O–H groups in total. The van der Waals surface area contributed by atoms with Crippen molar-refractivity contribution in [1.82, 2.24) is 25.2 Å². The van der Waals surface area contributed by atoms with Gasteiger partial charge in [0, 0.05) is 12.0 Å². The normalized spacial score (nSPS) is 10.8. The van der Waals surface area contributed by atoms with E-state index in [0.717, 1.165) is 11.3 Å². The lowest BCUT2D eigenvalue weighted by molar-refractivity contribution is -0.145. The van der Waals surface area contributed by atoms with Gasteiger partial charge >= 0.3 is 5.97 Å². The summed E-state index contributed by atoms with van der Waals surface area (Å²) in [6, 6.07) is 17.4. The van der Waals surface area contributed by atoms with Crippen LogP contribution < -0.4 is 0 Å². The molecule has 29 heavy (non-hydrogen) atoms. The number of para-hydroxylation sites is 1. The van der Waals surface area contributed by atoms with Crippen LogP contribution in [0.2, 0.25) is 0 Å². The second-order valence-corrected chi connectivity index (χ2v) is 6.49. The van der Waals surface area contributed by atoms with E-state index in [0.29, 0.717) is 23.9 Å². The van der Waals surface area contributed by atoms with Crippen LogP contribution in [0, 0.1) is 6.92 Å². The summed E-state index contributed by atoms with van der Waals surface area (Å²) >= 11 is 0. The molecule has 0 fully saturated rings. The monoisotopic (exact) mass is 389 g/mol. The van der Waals surface area contributed by atoms with Crippen molar-refractivity contribution < 1.29 is 13.9 Å². The maximum absolute atomic E-state index is 12.1. The van der Waals surface area contributed by atoms with E-state index in [2.05, 4.69) is 20.5 Å². The quantitative estimate of drug-likeness (QED) is 0.447. The van der Waals surface area contributed by atoms with E-state index in [1.54, 1.807) is 6.20 Å². The van der Waals surface area contributed by atoms with Crippen molar-refractivity contribution in [3.05, 3.63) is 78.1 Å². The standard InChI is InChI=1S/C21H19N5O3/c1-15-7-9-16(10-8-15)18-13-22-20(29-18)11-12-21(27)28-14-19-23-24-25-26(19)17-5-3-2-4-6-17/h2-10,13H,11-12,14H2,1H3. The molecule has 2 aromatic carbocycles. The largest absolute Gasteiger partial charge is 0.457 e. The molecular formula is C21H19N5O3. The van der Waals surface area contributed by atoms with Gasteiger partial charge in [0.1, 0.15) is 0 Å². The Balaban J connectivity index is 1.30. The minimum Gasteiger partial charge on any atom is -0.457 e. The number of benzene rings is 2. The lowest BCUT2D eigenvalue weighted by Gasteiger charge is -2.05. The molecule has 0 spiro atoms. The number of hydrogen-bond acceptors (Lipinski definition) is 7. The van der Waals surface area contributed by atoms with Gasteiger partial charge in [-0.25, -0.2) is 4.98 Å². The summed E-state index contributed by atoms with van der Waals surface area (Å²) in [7, 11) is 0. The van der Waals surface area contributed by atoms with Crippen LogP contribution in [0.1, 0.15) is 23.7 Å². The fraction of sp³-hybridized carbons (Fsp3) is 0.190. The fourth-order valence-electron chi connectivity index (χ4n) is 2.77. The average molecular weight is 389 g/mol. The minimum atomic E-state index is -0.373. The highest BCUT2D eigenvalue weighted by Crippen LogP contribution is 2.21. The van der Waals surface area contributed by atoms with E-state index in [-0.39, 0.29) is 19.0 Å². The molecule has 0 saturated carbocycles. The number of carbonyl (C=O) groups is 1. The van der Waals surface area contributed by atoms with Gasteiger partial charge in [-0.2, -0.15) is 4.68 Å². The third kappa shape index (κ3) is 4.55. The highest BCUT2D eigenvalue weighted by atomic mass is 16.5. The molecular weight excluding hydrogens is 370 g/mol. The highest BCUT2D eigenvalue weighted by Gasteiger charge is 2.13. The number of ether oxygens (including phenoxy) is 1. The van der Waals surface area contributed by atoms with Crippen LogP contribution in [-0.4, -0.2) is 31.2 Å². The lowest BCUT2D eigenvalue weighted by atomic mass is 10.1. The smallest absolute Gasteiger partial charge is 0.306 e. The molecule has 8 nitrogen and oxygen atoms in total. The number of nitrogens with zero attached hydrogens (tertiary/aromatic N) is 5. The Kier molecular flexibility index (Phi) is 5.42. The summed E-state index contributed by atoms with van der Waals surface area (Å²) in [5.41, 5.74) is 2.92. The molecule has 2 aromatic heterocycles. The van der Waals surface area contributed by atoms with Crippen molar-refractivity contribution in [2.45, 2.75) is 26.4 Å². The molecule has 0 aliphatic heterocycles. The van der Waals surface area contributed by atoms with E-state index < -0.39 is 0 Å². The molecule has 0 saturated heterocycles. The van der Waals surface area contributed by atoms with Crippen LogP contribution in [-0.2, 0) is 22.6 Å². The molecule has 4 aromatic rings. The zero-order valence-electron chi connectivity index (χ0n) is 15.9. The van der Waals surface area contributed by atoms with Gasteiger partial charge in [-0.15, -0.1) is 5.10 Å². The summed E-state index contributed by atoms with van der Waals surface area (Å²) < 4.78 is 12.6. The Bertz CT molecular complexity index is 1090. The molecule has 0 aliphatic carbocycles. The first-order chi connectivity index (χ1) is 14.2. The molecule has 2 heterocycles. The van der Waals surface area contributed by atoms with Gasteiger partial charge in [0.15, 0.2) is 24.1 Å². The Hall–Kier alpha value is -3.81. The number of esters is 1. The molecule has 0 amide bonds. The van der Waals surface area contributed by atoms with Gasteiger partial charge in [-0.3, -0.25) is 4.79 Å². The average Bonchev–Trinajstić information content (AvgIpc) is 3.41. The number of hydrogen-bond donors (Lipinski definition) is 0. The second-order valence-electron chi connectivity index (χ2n) is 6.49. The van der Waals surface area contributed by atoms with Crippen LogP contribution in [0.3, 0.4) is 0 Å². The van der Waals surface area contributed by atoms with Crippen molar-refractivity contribution in [2.75, 3.05) is 0 Å². The Morgan fingerprint density at radius 1 is 1.10 bits per heavy atom. The zero-order chi connectivity index (χ0) is 20.1. The molecule has 0 aliphatic rings. The van der Waals surface area contributed by atoms with Gasteiger partial charge in [0.25, 0.3) is 0 Å². The van der Waals surface area contributed by atoms with Gasteiger partial charge in [-0.05, 0) is 29.5 Å². The van der Waals surface area contributed by atoms with Gasteiger partial charge < -0.3 is 9.15 Å². The van der Waals surface area contributed by atoms with Crippen molar-refractivity contribution in [3.63, 3.8) is 0 Å². The van der Waals surface area contributed by atoms with Gasteiger partial charge in [0.2, 0.25) is 0 Å². The van der Waals surface area contributed by atoms with Crippen LogP contribution in [0.25, 0.3) is 17.0 Å². The topological polar surface area (TPSA) is 95.9 Å². The summed E-state index contributed by atoms with van der Waals surface area (Å²) in [5, 5.41) is 11.5. The van der Waals surface area contributed by atoms with Crippen molar-refractivity contribution in [3.8, 4) is 17.0 Å². The SMILES string of the molecule is Cc1ccc(-c2cnc(CCC(=O)OCc3nnnn3-c3ccccc3)o2)cc1. The first-order valence-electron chi connectivity index (χ1n) is 9.19. The van der Waals surface area contributed by atoms with E-state index in [1.165, 1.54) is 10.2 Å². The van der Waals surface area contributed by atoms with E-state index in [9.17, 15) is 4.79 Å². The van der Waals surface area contributed by atoms with Crippen molar-refractivity contribution >= 4 is 5.97 Å². The Morgan fingerprint density at radius 3 is 2.69 bits per heavy atom. The maximum Gasteiger partial charge on any atom is 0.306 e. The number of rotatable bonds is 7. The highest BCUT2D eigenvalue weighted by molar-refractivity contribution is 5.69. The van der Waals surface area contributed by atoms with Crippen molar-refractivity contribution in [2.24, 2.45) is 0 Å². The predicted octanol–water partition coefficient (Wildman–Crippen LogP) is 3.30. The summed E-state index contributed by atoms with van der Waals surface area (Å²) in [6.07, 6.45) is 2.18. The zero-order valence-corrected chi connectivity index (χ0v) is 15.9.